The molecule has 0 spiro atoms. The SMILES string of the molecule is COC(=O)C1(CCCc2ccccc2)CCCNC1. The molecule has 0 radical (unpaired) electrons. The van der Waals surface area contributed by atoms with E-state index in [-0.39, 0.29) is 11.4 Å². The fraction of sp³-hybridized carbons (Fsp3) is 0.562. The van der Waals surface area contributed by atoms with E-state index in [1.807, 2.05) is 6.07 Å². The molecule has 1 heterocycles. The third kappa shape index (κ3) is 3.57. The van der Waals surface area contributed by atoms with Crippen LogP contribution in [0.15, 0.2) is 30.3 Å². The standard InChI is InChI=1S/C16H23NO2/c1-19-15(18)16(11-6-12-17-13-16)10-5-9-14-7-3-2-4-8-14/h2-4,7-8,17H,5-6,9-13H2,1H3. The van der Waals surface area contributed by atoms with Crippen molar-refractivity contribution in [3.8, 4) is 0 Å². The molecule has 0 bridgehead atoms. The van der Waals surface area contributed by atoms with Gasteiger partial charge in [0.1, 0.15) is 0 Å². The summed E-state index contributed by atoms with van der Waals surface area (Å²) in [6.45, 7) is 1.77. The number of aryl methyl sites for hydroxylation is 1. The average Bonchev–Trinajstić information content (AvgIpc) is 2.48. The van der Waals surface area contributed by atoms with E-state index in [4.69, 9.17) is 4.74 Å². The van der Waals surface area contributed by atoms with E-state index in [1.54, 1.807) is 0 Å². The van der Waals surface area contributed by atoms with Crippen LogP contribution in [0.2, 0.25) is 0 Å². The summed E-state index contributed by atoms with van der Waals surface area (Å²) in [6.07, 6.45) is 4.96. The number of carbonyl (C=O) groups excluding carboxylic acids is 1. The molecule has 1 aromatic rings. The zero-order chi connectivity index (χ0) is 13.6. The summed E-state index contributed by atoms with van der Waals surface area (Å²) in [4.78, 5) is 12.1. The van der Waals surface area contributed by atoms with Crippen molar-refractivity contribution in [1.29, 1.82) is 0 Å². The number of ether oxygens (including phenoxy) is 1. The Balaban J connectivity index is 1.91. The van der Waals surface area contributed by atoms with Gasteiger partial charge in [-0.15, -0.1) is 0 Å². The third-order valence-electron chi connectivity index (χ3n) is 4.05. The fourth-order valence-corrected chi connectivity index (χ4v) is 2.95. The van der Waals surface area contributed by atoms with Crippen molar-refractivity contribution in [2.24, 2.45) is 5.41 Å². The first-order valence-corrected chi connectivity index (χ1v) is 7.10. The van der Waals surface area contributed by atoms with Crippen LogP contribution in [0.3, 0.4) is 0 Å². The van der Waals surface area contributed by atoms with Gasteiger partial charge in [-0.1, -0.05) is 30.3 Å². The van der Waals surface area contributed by atoms with Crippen LogP contribution in [-0.2, 0) is 16.0 Å². The molecule has 1 saturated heterocycles. The summed E-state index contributed by atoms with van der Waals surface area (Å²) in [6, 6.07) is 10.4. The van der Waals surface area contributed by atoms with E-state index in [0.29, 0.717) is 0 Å². The van der Waals surface area contributed by atoms with Crippen molar-refractivity contribution >= 4 is 5.97 Å². The summed E-state index contributed by atoms with van der Waals surface area (Å²) in [5.74, 6) is -0.0484. The van der Waals surface area contributed by atoms with Gasteiger partial charge in [0.25, 0.3) is 0 Å². The fourth-order valence-electron chi connectivity index (χ4n) is 2.95. The van der Waals surface area contributed by atoms with Crippen LogP contribution < -0.4 is 5.32 Å². The molecule has 3 heteroatoms. The Morgan fingerprint density at radius 2 is 2.16 bits per heavy atom. The molecule has 0 aromatic heterocycles. The van der Waals surface area contributed by atoms with Crippen molar-refractivity contribution in [2.75, 3.05) is 20.2 Å². The lowest BCUT2D eigenvalue weighted by Gasteiger charge is -2.35. The summed E-state index contributed by atoms with van der Waals surface area (Å²) < 4.78 is 5.02. The Morgan fingerprint density at radius 3 is 2.79 bits per heavy atom. The lowest BCUT2D eigenvalue weighted by atomic mass is 9.76. The predicted molar refractivity (Wildman–Crippen MR) is 75.9 cm³/mol. The summed E-state index contributed by atoms with van der Waals surface area (Å²) in [5, 5.41) is 3.34. The zero-order valence-corrected chi connectivity index (χ0v) is 11.7. The van der Waals surface area contributed by atoms with E-state index >= 15 is 0 Å². The highest BCUT2D eigenvalue weighted by atomic mass is 16.5. The number of carbonyl (C=O) groups is 1. The highest BCUT2D eigenvalue weighted by molar-refractivity contribution is 5.77. The van der Waals surface area contributed by atoms with Crippen LogP contribution in [0, 0.1) is 5.41 Å². The second kappa shape index (κ2) is 6.71. The molecule has 0 saturated carbocycles. The molecular formula is C16H23NO2. The van der Waals surface area contributed by atoms with Crippen LogP contribution >= 0.6 is 0 Å². The Bertz CT molecular complexity index is 396. The Labute approximate surface area is 115 Å². The molecule has 1 aliphatic heterocycles. The average molecular weight is 261 g/mol. The summed E-state index contributed by atoms with van der Waals surface area (Å²) in [5.41, 5.74) is 1.04. The van der Waals surface area contributed by atoms with Gasteiger partial charge in [-0.3, -0.25) is 4.79 Å². The number of nitrogens with one attached hydrogen (secondary N) is 1. The molecular weight excluding hydrogens is 238 g/mol. The van der Waals surface area contributed by atoms with E-state index in [2.05, 4.69) is 29.6 Å². The smallest absolute Gasteiger partial charge is 0.313 e. The number of hydrogen-bond acceptors (Lipinski definition) is 3. The second-order valence-electron chi connectivity index (χ2n) is 5.39. The minimum atomic E-state index is -0.304. The quantitative estimate of drug-likeness (QED) is 0.828. The summed E-state index contributed by atoms with van der Waals surface area (Å²) >= 11 is 0. The molecule has 1 N–H and O–H groups in total. The Hall–Kier alpha value is -1.35. The number of piperidine rings is 1. The first kappa shape index (κ1) is 14.1. The van der Waals surface area contributed by atoms with E-state index < -0.39 is 0 Å². The normalized spacial score (nSPS) is 23.0. The van der Waals surface area contributed by atoms with Crippen molar-refractivity contribution in [2.45, 2.75) is 32.1 Å². The van der Waals surface area contributed by atoms with Gasteiger partial charge in [0.2, 0.25) is 0 Å². The Morgan fingerprint density at radius 1 is 1.37 bits per heavy atom. The molecule has 1 unspecified atom stereocenters. The highest BCUT2D eigenvalue weighted by Gasteiger charge is 2.39. The Kier molecular flexibility index (Phi) is 4.97. The molecule has 0 amide bonds. The number of hydrogen-bond donors (Lipinski definition) is 1. The minimum absolute atomic E-state index is 0.0484. The van der Waals surface area contributed by atoms with Gasteiger partial charge in [0.15, 0.2) is 0 Å². The molecule has 19 heavy (non-hydrogen) atoms. The molecule has 1 aromatic carbocycles. The lowest BCUT2D eigenvalue weighted by molar-refractivity contribution is -0.154. The largest absolute Gasteiger partial charge is 0.469 e. The van der Waals surface area contributed by atoms with E-state index in [9.17, 15) is 4.79 Å². The van der Waals surface area contributed by atoms with Crippen LogP contribution in [0.5, 0.6) is 0 Å². The van der Waals surface area contributed by atoms with E-state index in [0.717, 1.165) is 45.2 Å². The summed E-state index contributed by atoms with van der Waals surface area (Å²) in [7, 11) is 1.50. The third-order valence-corrected chi connectivity index (χ3v) is 4.05. The lowest BCUT2D eigenvalue weighted by Crippen LogP contribution is -2.46. The minimum Gasteiger partial charge on any atom is -0.469 e. The van der Waals surface area contributed by atoms with Crippen molar-refractivity contribution in [1.82, 2.24) is 5.32 Å². The van der Waals surface area contributed by atoms with Crippen LogP contribution in [0.4, 0.5) is 0 Å². The number of esters is 1. The molecule has 1 atom stereocenters. The van der Waals surface area contributed by atoms with Gasteiger partial charge >= 0.3 is 5.97 Å². The maximum atomic E-state index is 12.1. The highest BCUT2D eigenvalue weighted by Crippen LogP contribution is 2.33. The van der Waals surface area contributed by atoms with Gasteiger partial charge < -0.3 is 10.1 Å². The first-order chi connectivity index (χ1) is 9.27. The van der Waals surface area contributed by atoms with Crippen molar-refractivity contribution in [3.05, 3.63) is 35.9 Å². The number of methoxy groups -OCH3 is 1. The van der Waals surface area contributed by atoms with Gasteiger partial charge in [-0.25, -0.2) is 0 Å². The van der Waals surface area contributed by atoms with Crippen LogP contribution in [0.25, 0.3) is 0 Å². The molecule has 3 nitrogen and oxygen atoms in total. The molecule has 104 valence electrons. The topological polar surface area (TPSA) is 38.3 Å². The van der Waals surface area contributed by atoms with Gasteiger partial charge in [-0.05, 0) is 44.2 Å². The van der Waals surface area contributed by atoms with Gasteiger partial charge in [-0.2, -0.15) is 0 Å². The van der Waals surface area contributed by atoms with Crippen molar-refractivity contribution in [3.63, 3.8) is 0 Å². The maximum absolute atomic E-state index is 12.1. The maximum Gasteiger partial charge on any atom is 0.313 e. The zero-order valence-electron chi connectivity index (χ0n) is 11.7. The number of rotatable bonds is 5. The molecule has 0 aliphatic carbocycles. The van der Waals surface area contributed by atoms with Gasteiger partial charge in [0, 0.05) is 6.54 Å². The first-order valence-electron chi connectivity index (χ1n) is 7.10. The van der Waals surface area contributed by atoms with Crippen LogP contribution in [0.1, 0.15) is 31.2 Å². The molecule has 1 fully saturated rings. The van der Waals surface area contributed by atoms with E-state index in [1.165, 1.54) is 12.7 Å². The monoisotopic (exact) mass is 261 g/mol. The second-order valence-corrected chi connectivity index (χ2v) is 5.39. The predicted octanol–water partition coefficient (Wildman–Crippen LogP) is 2.55. The molecule has 1 aliphatic rings. The number of benzene rings is 1. The van der Waals surface area contributed by atoms with Gasteiger partial charge in [0.05, 0.1) is 12.5 Å². The van der Waals surface area contributed by atoms with Crippen molar-refractivity contribution < 1.29 is 9.53 Å². The van der Waals surface area contributed by atoms with Crippen LogP contribution in [-0.4, -0.2) is 26.2 Å². The molecule has 2 rings (SSSR count).